The van der Waals surface area contributed by atoms with Gasteiger partial charge in [-0.1, -0.05) is 23.2 Å². The molecule has 0 bridgehead atoms. The second-order valence-electron chi connectivity index (χ2n) is 4.09. The highest BCUT2D eigenvalue weighted by Crippen LogP contribution is 2.35. The second-order valence-corrected chi connectivity index (χ2v) is 5.79. The van der Waals surface area contributed by atoms with E-state index in [-0.39, 0.29) is 16.5 Å². The van der Waals surface area contributed by atoms with Crippen LogP contribution < -0.4 is 10.1 Å². The minimum atomic E-state index is -0.410. The van der Waals surface area contributed by atoms with Gasteiger partial charge < -0.3 is 15.2 Å². The first-order chi connectivity index (χ1) is 9.92. The third-order valence-corrected chi connectivity index (χ3v) is 3.82. The highest BCUT2D eigenvalue weighted by Gasteiger charge is 2.13. The van der Waals surface area contributed by atoms with Gasteiger partial charge >= 0.3 is 0 Å². The number of nitrogens with one attached hydrogen (secondary N) is 1. The zero-order valence-electron chi connectivity index (χ0n) is 10.8. The van der Waals surface area contributed by atoms with Crippen molar-refractivity contribution in [2.75, 3.05) is 12.4 Å². The highest BCUT2D eigenvalue weighted by molar-refractivity contribution is 9.10. The Balaban J connectivity index is 2.28. The lowest BCUT2D eigenvalue weighted by Gasteiger charge is -2.10. The fourth-order valence-electron chi connectivity index (χ4n) is 1.66. The van der Waals surface area contributed by atoms with Gasteiger partial charge in [-0.05, 0) is 46.3 Å². The zero-order chi connectivity index (χ0) is 15.6. The lowest BCUT2D eigenvalue weighted by atomic mass is 10.2. The monoisotopic (exact) mass is 389 g/mol. The number of phenols is 1. The van der Waals surface area contributed by atoms with E-state index in [1.54, 1.807) is 18.2 Å². The van der Waals surface area contributed by atoms with Crippen LogP contribution >= 0.6 is 39.1 Å². The number of halogens is 3. The molecule has 2 aromatic carbocycles. The molecule has 21 heavy (non-hydrogen) atoms. The number of anilines is 1. The van der Waals surface area contributed by atoms with Crippen LogP contribution in [0.4, 0.5) is 5.69 Å². The predicted molar refractivity (Wildman–Crippen MR) is 86.8 cm³/mol. The Kier molecular flexibility index (Phi) is 4.98. The highest BCUT2D eigenvalue weighted by atomic mass is 79.9. The first kappa shape index (κ1) is 15.9. The molecule has 4 nitrogen and oxygen atoms in total. The summed E-state index contributed by atoms with van der Waals surface area (Å²) in [5.74, 6) is -0.0332. The van der Waals surface area contributed by atoms with Gasteiger partial charge in [0.25, 0.3) is 5.91 Å². The molecule has 0 fully saturated rings. The number of carbonyl (C=O) groups excluding carboxylic acids is 1. The number of amides is 1. The molecule has 0 aliphatic rings. The van der Waals surface area contributed by atoms with Gasteiger partial charge in [0, 0.05) is 10.6 Å². The van der Waals surface area contributed by atoms with Crippen molar-refractivity contribution in [3.8, 4) is 11.5 Å². The van der Waals surface area contributed by atoms with Gasteiger partial charge in [-0.25, -0.2) is 0 Å². The molecular formula is C14H10BrCl2NO3. The third-order valence-electron chi connectivity index (χ3n) is 2.69. The molecule has 0 unspecified atom stereocenters. The fourth-order valence-corrected chi connectivity index (χ4v) is 2.70. The standard InChI is InChI=1S/C14H10BrCl2NO3/c1-21-12-3-2-7(4-9(12)15)14(20)18-11-6-8(16)5-10(17)13(11)19/h2-6,19H,1H3,(H,18,20). The second kappa shape index (κ2) is 6.56. The molecule has 110 valence electrons. The van der Waals surface area contributed by atoms with E-state index in [4.69, 9.17) is 27.9 Å². The Morgan fingerprint density at radius 2 is 2.00 bits per heavy atom. The number of rotatable bonds is 3. The quantitative estimate of drug-likeness (QED) is 0.745. The number of methoxy groups -OCH3 is 1. The molecule has 0 aliphatic heterocycles. The lowest BCUT2D eigenvalue weighted by molar-refractivity contribution is 0.102. The molecule has 7 heteroatoms. The average molecular weight is 391 g/mol. The summed E-state index contributed by atoms with van der Waals surface area (Å²) in [6, 6.07) is 7.67. The van der Waals surface area contributed by atoms with Crippen LogP contribution in [0.15, 0.2) is 34.8 Å². The van der Waals surface area contributed by atoms with E-state index in [1.165, 1.54) is 19.2 Å². The van der Waals surface area contributed by atoms with Gasteiger partial charge in [0.15, 0.2) is 5.75 Å². The maximum absolute atomic E-state index is 12.2. The van der Waals surface area contributed by atoms with Crippen molar-refractivity contribution in [3.05, 3.63) is 50.4 Å². The summed E-state index contributed by atoms with van der Waals surface area (Å²) in [4.78, 5) is 12.2. The minimum absolute atomic E-state index is 0.0636. The average Bonchev–Trinajstić information content (AvgIpc) is 2.44. The van der Waals surface area contributed by atoms with Crippen molar-refractivity contribution >= 4 is 50.7 Å². The SMILES string of the molecule is COc1ccc(C(=O)Nc2cc(Cl)cc(Cl)c2O)cc1Br. The largest absolute Gasteiger partial charge is 0.504 e. The summed E-state index contributed by atoms with van der Waals surface area (Å²) in [5, 5.41) is 12.7. The molecule has 0 saturated carbocycles. The molecule has 0 heterocycles. The van der Waals surface area contributed by atoms with Crippen LogP contribution in [-0.4, -0.2) is 18.1 Å². The predicted octanol–water partition coefficient (Wildman–Crippen LogP) is 4.72. The van der Waals surface area contributed by atoms with Crippen molar-refractivity contribution in [1.29, 1.82) is 0 Å². The normalized spacial score (nSPS) is 10.3. The van der Waals surface area contributed by atoms with Crippen molar-refractivity contribution in [2.45, 2.75) is 0 Å². The van der Waals surface area contributed by atoms with Crippen LogP contribution in [0.1, 0.15) is 10.4 Å². The number of phenolic OH excluding ortho intramolecular Hbond substituents is 1. The summed E-state index contributed by atoms with van der Waals surface area (Å²) in [5.41, 5.74) is 0.530. The molecule has 0 spiro atoms. The molecule has 0 aliphatic carbocycles. The first-order valence-corrected chi connectivity index (χ1v) is 7.30. The van der Waals surface area contributed by atoms with Gasteiger partial charge in [-0.15, -0.1) is 0 Å². The van der Waals surface area contributed by atoms with Crippen LogP contribution in [0.3, 0.4) is 0 Å². The van der Waals surface area contributed by atoms with E-state index in [0.717, 1.165) is 0 Å². The van der Waals surface area contributed by atoms with Gasteiger partial charge in [-0.2, -0.15) is 0 Å². The zero-order valence-corrected chi connectivity index (χ0v) is 13.9. The van der Waals surface area contributed by atoms with Gasteiger partial charge in [-0.3, -0.25) is 4.79 Å². The smallest absolute Gasteiger partial charge is 0.255 e. The topological polar surface area (TPSA) is 58.6 Å². The lowest BCUT2D eigenvalue weighted by Crippen LogP contribution is -2.12. The first-order valence-electron chi connectivity index (χ1n) is 5.75. The summed E-state index contributed by atoms with van der Waals surface area (Å²) in [6.07, 6.45) is 0. The Morgan fingerprint density at radius 3 is 2.62 bits per heavy atom. The van der Waals surface area contributed by atoms with E-state index in [0.29, 0.717) is 20.8 Å². The van der Waals surface area contributed by atoms with Crippen molar-refractivity contribution < 1.29 is 14.6 Å². The molecule has 2 N–H and O–H groups in total. The molecule has 2 aromatic rings. The van der Waals surface area contributed by atoms with E-state index >= 15 is 0 Å². The van der Waals surface area contributed by atoms with Crippen LogP contribution in [0.2, 0.25) is 10.0 Å². The number of aromatic hydroxyl groups is 1. The molecule has 0 radical (unpaired) electrons. The van der Waals surface area contributed by atoms with Crippen molar-refractivity contribution in [2.24, 2.45) is 0 Å². The Morgan fingerprint density at radius 1 is 1.29 bits per heavy atom. The molecular weight excluding hydrogens is 381 g/mol. The molecule has 2 rings (SSSR count). The summed E-state index contributed by atoms with van der Waals surface area (Å²) >= 11 is 15.0. The maximum Gasteiger partial charge on any atom is 0.255 e. The van der Waals surface area contributed by atoms with Crippen LogP contribution in [0, 0.1) is 0 Å². The summed E-state index contributed by atoms with van der Waals surface area (Å²) < 4.78 is 5.74. The van der Waals surface area contributed by atoms with Crippen LogP contribution in [0.5, 0.6) is 11.5 Å². The minimum Gasteiger partial charge on any atom is -0.504 e. The van der Waals surface area contributed by atoms with Gasteiger partial charge in [0.05, 0.1) is 22.3 Å². The number of hydrogen-bond acceptors (Lipinski definition) is 3. The fraction of sp³-hybridized carbons (Fsp3) is 0.0714. The number of ether oxygens (including phenoxy) is 1. The Bertz CT molecular complexity index is 707. The number of benzene rings is 2. The molecule has 0 aromatic heterocycles. The molecule has 0 atom stereocenters. The summed E-state index contributed by atoms with van der Waals surface area (Å²) in [7, 11) is 1.53. The van der Waals surface area contributed by atoms with E-state index in [9.17, 15) is 9.90 Å². The number of hydrogen-bond donors (Lipinski definition) is 2. The summed E-state index contributed by atoms with van der Waals surface area (Å²) in [6.45, 7) is 0. The molecule has 1 amide bonds. The van der Waals surface area contributed by atoms with E-state index in [1.807, 2.05) is 0 Å². The van der Waals surface area contributed by atoms with E-state index in [2.05, 4.69) is 21.2 Å². The van der Waals surface area contributed by atoms with Crippen LogP contribution in [-0.2, 0) is 0 Å². The third kappa shape index (κ3) is 3.61. The van der Waals surface area contributed by atoms with Gasteiger partial charge in [0.2, 0.25) is 0 Å². The van der Waals surface area contributed by atoms with E-state index < -0.39 is 5.91 Å². The van der Waals surface area contributed by atoms with Crippen molar-refractivity contribution in [1.82, 2.24) is 0 Å². The Hall–Kier alpha value is -1.43. The molecule has 0 saturated heterocycles. The Labute approximate surface area is 139 Å². The van der Waals surface area contributed by atoms with Gasteiger partial charge in [0.1, 0.15) is 5.75 Å². The number of carbonyl (C=O) groups is 1. The van der Waals surface area contributed by atoms with Crippen molar-refractivity contribution in [3.63, 3.8) is 0 Å². The van der Waals surface area contributed by atoms with Crippen LogP contribution in [0.25, 0.3) is 0 Å². The maximum atomic E-state index is 12.2.